The van der Waals surface area contributed by atoms with E-state index in [0.29, 0.717) is 11.2 Å². The molecule has 0 aliphatic rings. The van der Waals surface area contributed by atoms with Crippen LogP contribution in [0.1, 0.15) is 45.2 Å². The number of hydrogen-bond acceptors (Lipinski definition) is 2. The fraction of sp³-hybridized carbons (Fsp3) is 0.625. The van der Waals surface area contributed by atoms with Crippen molar-refractivity contribution in [3.8, 4) is 0 Å². The summed E-state index contributed by atoms with van der Waals surface area (Å²) < 4.78 is 0. The second kappa shape index (κ2) is 7.85. The van der Waals surface area contributed by atoms with E-state index >= 15 is 0 Å². The zero-order valence-electron chi connectivity index (χ0n) is 12.4. The Morgan fingerprint density at radius 1 is 1.22 bits per heavy atom. The molecule has 2 heteroatoms. The van der Waals surface area contributed by atoms with Gasteiger partial charge in [-0.15, -0.1) is 11.8 Å². The standard InChI is InChI=1S/C16H27NS/c1-6-14(5)18-16-8-7-15(13(4)9-16)11-17-10-12(2)3/h7-9,12,14,17H,6,10-11H2,1-5H3. The number of aryl methyl sites for hydroxylation is 1. The fourth-order valence-corrected chi connectivity index (χ4v) is 2.77. The summed E-state index contributed by atoms with van der Waals surface area (Å²) in [4.78, 5) is 1.40. The van der Waals surface area contributed by atoms with Crippen molar-refractivity contribution >= 4 is 11.8 Å². The van der Waals surface area contributed by atoms with Crippen LogP contribution >= 0.6 is 11.8 Å². The summed E-state index contributed by atoms with van der Waals surface area (Å²) in [7, 11) is 0. The Kier molecular flexibility index (Phi) is 6.80. The molecule has 1 unspecified atom stereocenters. The van der Waals surface area contributed by atoms with Gasteiger partial charge in [-0.05, 0) is 49.1 Å². The number of hydrogen-bond donors (Lipinski definition) is 1. The lowest BCUT2D eigenvalue weighted by Crippen LogP contribution is -2.19. The number of nitrogens with one attached hydrogen (secondary N) is 1. The minimum Gasteiger partial charge on any atom is -0.312 e. The van der Waals surface area contributed by atoms with E-state index in [4.69, 9.17) is 0 Å². The molecule has 0 aliphatic heterocycles. The van der Waals surface area contributed by atoms with E-state index in [9.17, 15) is 0 Å². The van der Waals surface area contributed by atoms with Crippen molar-refractivity contribution in [1.82, 2.24) is 5.32 Å². The molecule has 1 N–H and O–H groups in total. The van der Waals surface area contributed by atoms with Crippen molar-refractivity contribution in [2.45, 2.75) is 57.7 Å². The lowest BCUT2D eigenvalue weighted by Gasteiger charge is -2.13. The molecule has 1 nitrogen and oxygen atoms in total. The summed E-state index contributed by atoms with van der Waals surface area (Å²) in [6.07, 6.45) is 1.22. The molecule has 0 fully saturated rings. The molecule has 0 aliphatic carbocycles. The first kappa shape index (κ1) is 15.6. The number of benzene rings is 1. The molecule has 1 aromatic carbocycles. The van der Waals surface area contributed by atoms with E-state index in [0.717, 1.165) is 13.1 Å². The normalized spacial score (nSPS) is 13.0. The van der Waals surface area contributed by atoms with Gasteiger partial charge < -0.3 is 5.32 Å². The molecule has 18 heavy (non-hydrogen) atoms. The van der Waals surface area contributed by atoms with Gasteiger partial charge in [0, 0.05) is 16.7 Å². The predicted octanol–water partition coefficient (Wildman–Crippen LogP) is 4.63. The van der Waals surface area contributed by atoms with Crippen LogP contribution in [-0.4, -0.2) is 11.8 Å². The minimum absolute atomic E-state index is 0.703. The molecule has 0 heterocycles. The van der Waals surface area contributed by atoms with Crippen LogP contribution in [-0.2, 0) is 6.54 Å². The predicted molar refractivity (Wildman–Crippen MR) is 83.3 cm³/mol. The van der Waals surface area contributed by atoms with E-state index in [1.165, 1.54) is 22.4 Å². The Hall–Kier alpha value is -0.470. The molecule has 0 spiro atoms. The zero-order valence-corrected chi connectivity index (χ0v) is 13.2. The van der Waals surface area contributed by atoms with Crippen LogP contribution in [0.5, 0.6) is 0 Å². The first-order valence-corrected chi connectivity index (χ1v) is 7.87. The summed E-state index contributed by atoms with van der Waals surface area (Å²) >= 11 is 1.97. The van der Waals surface area contributed by atoms with Crippen LogP contribution in [0, 0.1) is 12.8 Å². The van der Waals surface area contributed by atoms with Crippen LogP contribution < -0.4 is 5.32 Å². The Labute approximate surface area is 117 Å². The lowest BCUT2D eigenvalue weighted by molar-refractivity contribution is 0.551. The van der Waals surface area contributed by atoms with Crippen molar-refractivity contribution < 1.29 is 0 Å². The van der Waals surface area contributed by atoms with E-state index in [-0.39, 0.29) is 0 Å². The summed E-state index contributed by atoms with van der Waals surface area (Å²) in [6.45, 7) is 13.3. The first-order valence-electron chi connectivity index (χ1n) is 6.99. The Morgan fingerprint density at radius 2 is 1.94 bits per heavy atom. The highest BCUT2D eigenvalue weighted by atomic mass is 32.2. The molecule has 102 valence electrons. The largest absolute Gasteiger partial charge is 0.312 e. The van der Waals surface area contributed by atoms with Gasteiger partial charge in [0.05, 0.1) is 0 Å². The Bertz CT molecular complexity index is 360. The molecule has 1 atom stereocenters. The van der Waals surface area contributed by atoms with Crippen LogP contribution in [0.2, 0.25) is 0 Å². The van der Waals surface area contributed by atoms with Crippen LogP contribution in [0.15, 0.2) is 23.1 Å². The zero-order chi connectivity index (χ0) is 13.5. The van der Waals surface area contributed by atoms with Gasteiger partial charge in [0.1, 0.15) is 0 Å². The van der Waals surface area contributed by atoms with Crippen molar-refractivity contribution in [2.75, 3.05) is 6.54 Å². The maximum atomic E-state index is 3.51. The quantitative estimate of drug-likeness (QED) is 0.721. The highest BCUT2D eigenvalue weighted by Gasteiger charge is 2.04. The second-order valence-corrected chi connectivity index (χ2v) is 6.96. The Morgan fingerprint density at radius 3 is 2.50 bits per heavy atom. The van der Waals surface area contributed by atoms with Gasteiger partial charge in [0.2, 0.25) is 0 Å². The third-order valence-corrected chi connectivity index (χ3v) is 4.36. The highest BCUT2D eigenvalue weighted by molar-refractivity contribution is 7.99. The Balaban J connectivity index is 2.56. The highest BCUT2D eigenvalue weighted by Crippen LogP contribution is 2.26. The summed E-state index contributed by atoms with van der Waals surface area (Å²) in [5.41, 5.74) is 2.82. The van der Waals surface area contributed by atoms with E-state index in [2.05, 4.69) is 58.1 Å². The van der Waals surface area contributed by atoms with Gasteiger partial charge in [0.15, 0.2) is 0 Å². The average Bonchev–Trinajstić information content (AvgIpc) is 2.31. The monoisotopic (exact) mass is 265 g/mol. The first-order chi connectivity index (χ1) is 8.52. The maximum Gasteiger partial charge on any atom is 0.0208 e. The van der Waals surface area contributed by atoms with Crippen LogP contribution in [0.25, 0.3) is 0 Å². The number of thioether (sulfide) groups is 1. The molecule has 1 rings (SSSR count). The molecule has 0 amide bonds. The smallest absolute Gasteiger partial charge is 0.0208 e. The molecule has 1 aromatic rings. The van der Waals surface area contributed by atoms with Gasteiger partial charge in [-0.1, -0.05) is 33.8 Å². The average molecular weight is 265 g/mol. The van der Waals surface area contributed by atoms with Gasteiger partial charge >= 0.3 is 0 Å². The fourth-order valence-electron chi connectivity index (χ4n) is 1.75. The van der Waals surface area contributed by atoms with E-state index in [1.807, 2.05) is 11.8 Å². The van der Waals surface area contributed by atoms with Crippen molar-refractivity contribution in [3.63, 3.8) is 0 Å². The molecule has 0 radical (unpaired) electrons. The van der Waals surface area contributed by atoms with E-state index in [1.54, 1.807) is 0 Å². The molecule has 0 bridgehead atoms. The van der Waals surface area contributed by atoms with Gasteiger partial charge in [-0.2, -0.15) is 0 Å². The van der Waals surface area contributed by atoms with Crippen LogP contribution in [0.4, 0.5) is 0 Å². The van der Waals surface area contributed by atoms with Gasteiger partial charge in [-0.25, -0.2) is 0 Å². The van der Waals surface area contributed by atoms with Crippen molar-refractivity contribution in [1.29, 1.82) is 0 Å². The van der Waals surface area contributed by atoms with Crippen molar-refractivity contribution in [3.05, 3.63) is 29.3 Å². The molecule has 0 saturated heterocycles. The van der Waals surface area contributed by atoms with E-state index < -0.39 is 0 Å². The topological polar surface area (TPSA) is 12.0 Å². The molecular formula is C16H27NS. The molecular weight excluding hydrogens is 238 g/mol. The third-order valence-electron chi connectivity index (χ3n) is 3.09. The minimum atomic E-state index is 0.703. The summed E-state index contributed by atoms with van der Waals surface area (Å²) in [6, 6.07) is 6.85. The maximum absolute atomic E-state index is 3.51. The summed E-state index contributed by atoms with van der Waals surface area (Å²) in [5.74, 6) is 0.713. The van der Waals surface area contributed by atoms with Crippen LogP contribution in [0.3, 0.4) is 0 Å². The lowest BCUT2D eigenvalue weighted by atomic mass is 10.1. The summed E-state index contributed by atoms with van der Waals surface area (Å²) in [5, 5.41) is 4.21. The third kappa shape index (κ3) is 5.45. The van der Waals surface area contributed by atoms with Crippen molar-refractivity contribution in [2.24, 2.45) is 5.92 Å². The molecule has 0 aromatic heterocycles. The second-order valence-electron chi connectivity index (χ2n) is 5.45. The van der Waals surface area contributed by atoms with Gasteiger partial charge in [-0.3, -0.25) is 0 Å². The SMILES string of the molecule is CCC(C)Sc1ccc(CNCC(C)C)c(C)c1. The van der Waals surface area contributed by atoms with Gasteiger partial charge in [0.25, 0.3) is 0 Å². The molecule has 0 saturated carbocycles. The number of rotatable bonds is 7.